The zero-order valence-electron chi connectivity index (χ0n) is 16.2. The smallest absolute Gasteiger partial charge is 0.250 e. The second-order valence-electron chi connectivity index (χ2n) is 8.08. The van der Waals surface area contributed by atoms with E-state index in [2.05, 4.69) is 37.9 Å². The Balaban J connectivity index is 0.00000240. The number of aliphatic hydroxyl groups is 1. The molecule has 1 saturated heterocycles. The standard InChI is InChI=1S/C21H24Br2N2O3.ClH/c1-13-5-17(22)21(18(23)6-13)28-12-16(26)11-24-8-14-7-15(10-24)19-3-2-4-20(27)25(19)9-14;/h2-6,14-16,26H,7-12H2,1H3;1H. The van der Waals surface area contributed by atoms with Crippen LogP contribution in [-0.4, -0.2) is 42.0 Å². The molecule has 3 heterocycles. The molecule has 4 unspecified atom stereocenters. The maximum atomic E-state index is 12.1. The number of piperidine rings is 1. The third-order valence-corrected chi connectivity index (χ3v) is 6.94. The topological polar surface area (TPSA) is 55.9 Å². The second kappa shape index (κ2) is 9.52. The summed E-state index contributed by atoms with van der Waals surface area (Å²) < 4.78 is 9.60. The van der Waals surface area contributed by atoms with Gasteiger partial charge < -0.3 is 31.7 Å². The molecule has 1 aromatic heterocycles. The van der Waals surface area contributed by atoms with Crippen LogP contribution in [0.15, 0.2) is 44.1 Å². The van der Waals surface area contributed by atoms with Gasteiger partial charge in [0.25, 0.3) is 5.56 Å². The molecule has 2 aliphatic rings. The molecular weight excluding hydrogens is 524 g/mol. The third kappa shape index (κ3) is 5.07. The molecule has 29 heavy (non-hydrogen) atoms. The van der Waals surface area contributed by atoms with Crippen molar-refractivity contribution in [1.29, 1.82) is 0 Å². The molecule has 5 nitrogen and oxygen atoms in total. The SMILES string of the molecule is Cc1cc(Br)c(OCC(O)C[NH+]2CC3CC(C2)c2cccc(=O)n2C3)c(Br)c1.[Cl-]. The zero-order chi connectivity index (χ0) is 19.8. The van der Waals surface area contributed by atoms with Crippen LogP contribution in [0.1, 0.15) is 23.6 Å². The van der Waals surface area contributed by atoms with Gasteiger partial charge in [0.1, 0.15) is 25.0 Å². The average Bonchev–Trinajstić information content (AvgIpc) is 2.61. The lowest BCUT2D eigenvalue weighted by Crippen LogP contribution is -3.15. The van der Waals surface area contributed by atoms with Crippen LogP contribution in [-0.2, 0) is 6.54 Å². The highest BCUT2D eigenvalue weighted by atomic mass is 79.9. The van der Waals surface area contributed by atoms with Gasteiger partial charge in [0.15, 0.2) is 0 Å². The first-order valence-electron chi connectivity index (χ1n) is 9.70. The number of hydrogen-bond acceptors (Lipinski definition) is 3. The van der Waals surface area contributed by atoms with E-state index in [1.165, 1.54) is 4.90 Å². The van der Waals surface area contributed by atoms with Gasteiger partial charge in [-0.15, -0.1) is 0 Å². The number of benzene rings is 1. The molecule has 0 amide bonds. The van der Waals surface area contributed by atoms with Crippen molar-refractivity contribution in [1.82, 2.24) is 4.57 Å². The highest BCUT2D eigenvalue weighted by Gasteiger charge is 2.37. The summed E-state index contributed by atoms with van der Waals surface area (Å²) in [4.78, 5) is 13.5. The summed E-state index contributed by atoms with van der Waals surface area (Å²) in [6, 6.07) is 9.60. The van der Waals surface area contributed by atoms with E-state index in [-0.39, 0.29) is 24.6 Å². The van der Waals surface area contributed by atoms with E-state index in [9.17, 15) is 9.90 Å². The second-order valence-corrected chi connectivity index (χ2v) is 9.79. The highest BCUT2D eigenvalue weighted by Crippen LogP contribution is 2.34. The Morgan fingerprint density at radius 3 is 2.72 bits per heavy atom. The lowest BCUT2D eigenvalue weighted by molar-refractivity contribution is -0.914. The third-order valence-electron chi connectivity index (χ3n) is 5.76. The van der Waals surface area contributed by atoms with Gasteiger partial charge in [-0.05, 0) is 69.0 Å². The molecule has 2 N–H and O–H groups in total. The number of hydrogen-bond donors (Lipinski definition) is 2. The Labute approximate surface area is 193 Å². The van der Waals surface area contributed by atoms with Gasteiger partial charge >= 0.3 is 0 Å². The van der Waals surface area contributed by atoms with Crippen molar-refractivity contribution >= 4 is 31.9 Å². The van der Waals surface area contributed by atoms with Crippen LogP contribution in [0.4, 0.5) is 0 Å². The molecule has 4 rings (SSSR count). The molecule has 1 fully saturated rings. The first kappa shape index (κ1) is 22.8. The zero-order valence-corrected chi connectivity index (χ0v) is 20.1. The van der Waals surface area contributed by atoms with Crippen molar-refractivity contribution in [2.75, 3.05) is 26.2 Å². The average molecular weight is 549 g/mol. The number of halogens is 3. The van der Waals surface area contributed by atoms with Crippen molar-refractivity contribution in [3.63, 3.8) is 0 Å². The number of quaternary nitrogens is 1. The largest absolute Gasteiger partial charge is 1.00 e. The fraction of sp³-hybridized carbons (Fsp3) is 0.476. The van der Waals surface area contributed by atoms with Crippen molar-refractivity contribution in [2.24, 2.45) is 5.92 Å². The summed E-state index contributed by atoms with van der Waals surface area (Å²) in [5, 5.41) is 10.6. The molecule has 0 aliphatic carbocycles. The van der Waals surface area contributed by atoms with Gasteiger partial charge in [0.2, 0.25) is 0 Å². The van der Waals surface area contributed by atoms with Gasteiger partial charge in [0, 0.05) is 30.1 Å². The van der Waals surface area contributed by atoms with Crippen molar-refractivity contribution < 1.29 is 27.2 Å². The molecule has 2 aromatic rings. The van der Waals surface area contributed by atoms with Crippen LogP contribution in [0.25, 0.3) is 0 Å². The normalized spacial score (nSPS) is 23.7. The molecule has 8 heteroatoms. The predicted molar refractivity (Wildman–Crippen MR) is 115 cm³/mol. The summed E-state index contributed by atoms with van der Waals surface area (Å²) in [6.45, 7) is 5.68. The minimum absolute atomic E-state index is 0. The van der Waals surface area contributed by atoms with E-state index in [4.69, 9.17) is 4.74 Å². The van der Waals surface area contributed by atoms with Crippen molar-refractivity contribution in [3.05, 3.63) is 60.9 Å². The number of aryl methyl sites for hydroxylation is 1. The van der Waals surface area contributed by atoms with Crippen LogP contribution in [0, 0.1) is 12.8 Å². The van der Waals surface area contributed by atoms with Gasteiger partial charge in [-0.1, -0.05) is 6.07 Å². The maximum absolute atomic E-state index is 12.1. The van der Waals surface area contributed by atoms with E-state index < -0.39 is 6.10 Å². The molecule has 0 saturated carbocycles. The van der Waals surface area contributed by atoms with E-state index in [0.29, 0.717) is 18.4 Å². The van der Waals surface area contributed by atoms with Crippen molar-refractivity contribution in [3.8, 4) is 5.75 Å². The number of nitrogens with zero attached hydrogens (tertiary/aromatic N) is 1. The molecule has 4 atom stereocenters. The molecule has 158 valence electrons. The first-order valence-corrected chi connectivity index (χ1v) is 11.3. The lowest BCUT2D eigenvalue weighted by atomic mass is 9.83. The summed E-state index contributed by atoms with van der Waals surface area (Å²) in [5.41, 5.74) is 2.40. The molecule has 0 radical (unpaired) electrons. The number of pyridine rings is 1. The van der Waals surface area contributed by atoms with Gasteiger partial charge in [-0.25, -0.2) is 0 Å². The molecule has 1 aromatic carbocycles. The molecular formula is C21H25Br2ClN2O3. The Kier molecular flexibility index (Phi) is 7.49. The number of rotatable bonds is 5. The summed E-state index contributed by atoms with van der Waals surface area (Å²) in [5.74, 6) is 1.61. The van der Waals surface area contributed by atoms with Crippen LogP contribution >= 0.6 is 31.9 Å². The van der Waals surface area contributed by atoms with Gasteiger partial charge in [0.05, 0.1) is 22.0 Å². The van der Waals surface area contributed by atoms with E-state index in [1.807, 2.05) is 29.7 Å². The number of likely N-dealkylation sites (tertiary alicyclic amines) is 1. The monoisotopic (exact) mass is 546 g/mol. The van der Waals surface area contributed by atoms with Crippen LogP contribution in [0.3, 0.4) is 0 Å². The number of ether oxygens (including phenoxy) is 1. The van der Waals surface area contributed by atoms with E-state index >= 15 is 0 Å². The van der Waals surface area contributed by atoms with Crippen molar-refractivity contribution in [2.45, 2.75) is 31.9 Å². The number of aliphatic hydroxyl groups excluding tert-OH is 1. The van der Waals surface area contributed by atoms with E-state index in [1.54, 1.807) is 6.07 Å². The predicted octanol–water partition coefficient (Wildman–Crippen LogP) is -0.872. The summed E-state index contributed by atoms with van der Waals surface area (Å²) >= 11 is 7.06. The minimum atomic E-state index is -0.535. The number of nitrogens with one attached hydrogen (secondary N) is 1. The first-order chi connectivity index (χ1) is 13.4. The van der Waals surface area contributed by atoms with Gasteiger partial charge in [-0.2, -0.15) is 0 Å². The summed E-state index contributed by atoms with van der Waals surface area (Å²) in [7, 11) is 0. The molecule has 2 aliphatic heterocycles. The quantitative estimate of drug-likeness (QED) is 0.511. The molecule has 0 spiro atoms. The Bertz CT molecular complexity index is 913. The van der Waals surface area contributed by atoms with Crippen LogP contribution in [0.5, 0.6) is 5.75 Å². The maximum Gasteiger partial charge on any atom is 0.250 e. The Morgan fingerprint density at radius 1 is 1.28 bits per heavy atom. The highest BCUT2D eigenvalue weighted by molar-refractivity contribution is 9.11. The fourth-order valence-electron chi connectivity index (χ4n) is 4.68. The Morgan fingerprint density at radius 2 is 2.00 bits per heavy atom. The van der Waals surface area contributed by atoms with E-state index in [0.717, 1.165) is 52.0 Å². The number of fused-ring (bicyclic) bond motifs is 4. The summed E-state index contributed by atoms with van der Waals surface area (Å²) in [6.07, 6.45) is 0.606. The lowest BCUT2D eigenvalue weighted by Gasteiger charge is -2.40. The number of aromatic nitrogens is 1. The fourth-order valence-corrected chi connectivity index (χ4v) is 6.33. The Hall–Kier alpha value is -0.860. The minimum Gasteiger partial charge on any atom is -1.00 e. The van der Waals surface area contributed by atoms with Crippen LogP contribution < -0.4 is 27.6 Å². The van der Waals surface area contributed by atoms with Crippen LogP contribution in [0.2, 0.25) is 0 Å². The molecule has 2 bridgehead atoms. The van der Waals surface area contributed by atoms with Gasteiger partial charge in [-0.3, -0.25) is 4.79 Å².